The summed E-state index contributed by atoms with van der Waals surface area (Å²) in [7, 11) is -3.25. The van der Waals surface area contributed by atoms with Gasteiger partial charge >= 0.3 is 0 Å². The van der Waals surface area contributed by atoms with E-state index in [4.69, 9.17) is 4.74 Å². The highest BCUT2D eigenvalue weighted by Gasteiger charge is 2.06. The number of carbonyl (C=O) groups excluding carboxylic acids is 1. The quantitative estimate of drug-likeness (QED) is 0.708. The molecular formula is C16H20N2O4S2. The Kier molecular flexibility index (Phi) is 6.77. The molecule has 0 radical (unpaired) electrons. The number of amides is 1. The van der Waals surface area contributed by atoms with Crippen molar-refractivity contribution < 1.29 is 17.9 Å². The molecule has 24 heavy (non-hydrogen) atoms. The first-order valence-corrected chi connectivity index (χ1v) is 10.1. The zero-order valence-electron chi connectivity index (χ0n) is 13.3. The molecule has 2 N–H and O–H groups in total. The van der Waals surface area contributed by atoms with Crippen LogP contribution >= 0.6 is 11.3 Å². The lowest BCUT2D eigenvalue weighted by Crippen LogP contribution is -2.29. The maximum absolute atomic E-state index is 11.7. The van der Waals surface area contributed by atoms with Gasteiger partial charge in [0.05, 0.1) is 12.8 Å². The molecule has 0 unspecified atom stereocenters. The average molecular weight is 368 g/mol. The van der Waals surface area contributed by atoms with Gasteiger partial charge in [0.1, 0.15) is 12.4 Å². The maximum Gasteiger partial charge on any atom is 0.221 e. The molecule has 2 aromatic rings. The summed E-state index contributed by atoms with van der Waals surface area (Å²) in [5.41, 5.74) is 1.05. The number of hydrogen-bond acceptors (Lipinski definition) is 5. The van der Waals surface area contributed by atoms with Crippen molar-refractivity contribution in [3.05, 3.63) is 52.2 Å². The lowest BCUT2D eigenvalue weighted by atomic mass is 10.3. The molecule has 0 bridgehead atoms. The Morgan fingerprint density at radius 1 is 1.25 bits per heavy atom. The van der Waals surface area contributed by atoms with Crippen LogP contribution in [0, 0.1) is 0 Å². The molecule has 1 amide bonds. The largest absolute Gasteiger partial charge is 0.489 e. The Hall–Kier alpha value is -1.90. The fourth-order valence-corrected chi connectivity index (χ4v) is 3.19. The highest BCUT2D eigenvalue weighted by Crippen LogP contribution is 2.17. The van der Waals surface area contributed by atoms with Crippen molar-refractivity contribution >= 4 is 27.3 Å². The Balaban J connectivity index is 1.70. The summed E-state index contributed by atoms with van der Waals surface area (Å²) in [6, 6.07) is 11.6. The van der Waals surface area contributed by atoms with Gasteiger partial charge in [0, 0.05) is 23.4 Å². The number of nitrogens with one attached hydrogen (secondary N) is 2. The van der Waals surface area contributed by atoms with Gasteiger partial charge < -0.3 is 10.1 Å². The van der Waals surface area contributed by atoms with E-state index in [9.17, 15) is 13.2 Å². The summed E-state index contributed by atoms with van der Waals surface area (Å²) in [5, 5.41) is 4.76. The molecule has 0 aliphatic heterocycles. The van der Waals surface area contributed by atoms with Crippen molar-refractivity contribution in [2.75, 3.05) is 12.8 Å². The topological polar surface area (TPSA) is 84.5 Å². The SMILES string of the molecule is CS(=O)(=O)NCCC(=O)NCc1cc(COc2ccccc2)cs1. The van der Waals surface area contributed by atoms with E-state index in [0.29, 0.717) is 13.2 Å². The Morgan fingerprint density at radius 3 is 2.71 bits per heavy atom. The minimum absolute atomic E-state index is 0.102. The average Bonchev–Trinajstić information content (AvgIpc) is 2.99. The van der Waals surface area contributed by atoms with E-state index in [0.717, 1.165) is 22.4 Å². The Morgan fingerprint density at radius 2 is 2.00 bits per heavy atom. The highest BCUT2D eigenvalue weighted by molar-refractivity contribution is 7.88. The molecule has 130 valence electrons. The van der Waals surface area contributed by atoms with Crippen LogP contribution in [0.3, 0.4) is 0 Å². The summed E-state index contributed by atoms with van der Waals surface area (Å²) in [4.78, 5) is 12.7. The number of benzene rings is 1. The third kappa shape index (κ3) is 7.12. The second-order valence-corrected chi connectivity index (χ2v) is 8.05. The molecule has 1 heterocycles. The van der Waals surface area contributed by atoms with Crippen LogP contribution in [0.15, 0.2) is 41.8 Å². The normalized spacial score (nSPS) is 11.2. The molecular weight excluding hydrogens is 348 g/mol. The van der Waals surface area contributed by atoms with Crippen molar-refractivity contribution in [3.63, 3.8) is 0 Å². The molecule has 0 saturated heterocycles. The first kappa shape index (κ1) is 18.4. The second-order valence-electron chi connectivity index (χ2n) is 5.22. The van der Waals surface area contributed by atoms with Gasteiger partial charge in [-0.3, -0.25) is 4.79 Å². The monoisotopic (exact) mass is 368 g/mol. The van der Waals surface area contributed by atoms with Crippen LogP contribution in [-0.2, 0) is 28.0 Å². The first-order valence-electron chi connectivity index (χ1n) is 7.38. The van der Waals surface area contributed by atoms with Crippen LogP contribution in [0.1, 0.15) is 16.9 Å². The van der Waals surface area contributed by atoms with Crippen LogP contribution in [-0.4, -0.2) is 27.1 Å². The van der Waals surface area contributed by atoms with Crippen LogP contribution < -0.4 is 14.8 Å². The standard InChI is InChI=1S/C16H20N2O4S2/c1-24(20,21)18-8-7-16(19)17-10-15-9-13(12-23-15)11-22-14-5-3-2-4-6-14/h2-6,9,12,18H,7-8,10-11H2,1H3,(H,17,19). The predicted molar refractivity (Wildman–Crippen MR) is 94.4 cm³/mol. The van der Waals surface area contributed by atoms with E-state index in [1.807, 2.05) is 41.8 Å². The molecule has 1 aromatic heterocycles. The number of ether oxygens (including phenoxy) is 1. The lowest BCUT2D eigenvalue weighted by Gasteiger charge is -2.04. The summed E-state index contributed by atoms with van der Waals surface area (Å²) < 4.78 is 29.8. The van der Waals surface area contributed by atoms with Gasteiger partial charge in [0.15, 0.2) is 0 Å². The van der Waals surface area contributed by atoms with Gasteiger partial charge in [-0.05, 0) is 23.6 Å². The van der Waals surface area contributed by atoms with Crippen LogP contribution in [0.2, 0.25) is 0 Å². The van der Waals surface area contributed by atoms with Gasteiger partial charge in [-0.1, -0.05) is 18.2 Å². The smallest absolute Gasteiger partial charge is 0.221 e. The van der Waals surface area contributed by atoms with E-state index in [1.54, 1.807) is 11.3 Å². The molecule has 0 saturated carbocycles. The highest BCUT2D eigenvalue weighted by atomic mass is 32.2. The van der Waals surface area contributed by atoms with Crippen LogP contribution in [0.5, 0.6) is 5.75 Å². The van der Waals surface area contributed by atoms with Crippen molar-refractivity contribution in [1.82, 2.24) is 10.0 Å². The van der Waals surface area contributed by atoms with Crippen molar-refractivity contribution in [2.45, 2.75) is 19.6 Å². The molecule has 6 nitrogen and oxygen atoms in total. The molecule has 8 heteroatoms. The van der Waals surface area contributed by atoms with Crippen molar-refractivity contribution in [3.8, 4) is 5.75 Å². The van der Waals surface area contributed by atoms with E-state index >= 15 is 0 Å². The number of hydrogen-bond donors (Lipinski definition) is 2. The number of rotatable bonds is 9. The fourth-order valence-electron chi connectivity index (χ4n) is 1.90. The third-order valence-corrected chi connectivity index (χ3v) is 4.75. The van der Waals surface area contributed by atoms with Crippen molar-refractivity contribution in [1.29, 1.82) is 0 Å². The molecule has 0 atom stereocenters. The van der Waals surface area contributed by atoms with Gasteiger partial charge in [-0.25, -0.2) is 13.1 Å². The first-order chi connectivity index (χ1) is 11.4. The van der Waals surface area contributed by atoms with Crippen LogP contribution in [0.4, 0.5) is 0 Å². The number of carbonyl (C=O) groups is 1. The van der Waals surface area contributed by atoms with Gasteiger partial charge in [-0.2, -0.15) is 0 Å². The third-order valence-electron chi connectivity index (χ3n) is 3.03. The Labute approximate surface area is 145 Å². The number of sulfonamides is 1. The summed E-state index contributed by atoms with van der Waals surface area (Å²) in [6.45, 7) is 1.01. The lowest BCUT2D eigenvalue weighted by molar-refractivity contribution is -0.121. The van der Waals surface area contributed by atoms with E-state index in [2.05, 4.69) is 10.0 Å². The Bertz CT molecular complexity index is 757. The van der Waals surface area contributed by atoms with Crippen molar-refractivity contribution in [2.24, 2.45) is 0 Å². The van der Waals surface area contributed by atoms with Gasteiger partial charge in [0.25, 0.3) is 0 Å². The van der Waals surface area contributed by atoms with Gasteiger partial charge in [0.2, 0.25) is 15.9 Å². The molecule has 0 aliphatic rings. The predicted octanol–water partition coefficient (Wildman–Crippen LogP) is 1.88. The zero-order chi connectivity index (χ0) is 17.4. The number of para-hydroxylation sites is 1. The molecule has 2 rings (SSSR count). The molecule has 0 aliphatic carbocycles. The van der Waals surface area contributed by atoms with E-state index in [1.165, 1.54) is 0 Å². The molecule has 0 fully saturated rings. The minimum Gasteiger partial charge on any atom is -0.489 e. The molecule has 0 spiro atoms. The fraction of sp³-hybridized carbons (Fsp3) is 0.312. The number of thiophene rings is 1. The molecule has 1 aromatic carbocycles. The summed E-state index contributed by atoms with van der Waals surface area (Å²) in [5.74, 6) is 0.624. The summed E-state index contributed by atoms with van der Waals surface area (Å²) >= 11 is 1.55. The van der Waals surface area contributed by atoms with E-state index < -0.39 is 10.0 Å². The van der Waals surface area contributed by atoms with Crippen LogP contribution in [0.25, 0.3) is 0 Å². The second kappa shape index (κ2) is 8.81. The summed E-state index contributed by atoms with van der Waals surface area (Å²) in [6.07, 6.45) is 1.18. The maximum atomic E-state index is 11.7. The minimum atomic E-state index is -3.25. The van der Waals surface area contributed by atoms with E-state index in [-0.39, 0.29) is 18.9 Å². The zero-order valence-corrected chi connectivity index (χ0v) is 15.0. The van der Waals surface area contributed by atoms with Gasteiger partial charge in [-0.15, -0.1) is 11.3 Å².